The summed E-state index contributed by atoms with van der Waals surface area (Å²) in [6, 6.07) is 14.3. The van der Waals surface area contributed by atoms with Crippen molar-refractivity contribution in [2.75, 3.05) is 10.6 Å². The Bertz CT molecular complexity index is 741. The van der Waals surface area contributed by atoms with Crippen LogP contribution in [0.2, 0.25) is 0 Å². The van der Waals surface area contributed by atoms with Crippen LogP contribution in [0.5, 0.6) is 0 Å². The second-order valence-electron chi connectivity index (χ2n) is 4.79. The fourth-order valence-corrected chi connectivity index (χ4v) is 2.71. The second kappa shape index (κ2) is 3.84. The van der Waals surface area contributed by atoms with Gasteiger partial charge in [0, 0.05) is 16.9 Å². The third-order valence-corrected chi connectivity index (χ3v) is 3.64. The number of hydrogen-bond donors (Lipinski definition) is 2. The number of fused-ring (bicyclic) bond motifs is 4. The molecular formula is C15H11N3O2. The molecule has 2 N–H and O–H groups in total. The Hall–Kier alpha value is -2.82. The summed E-state index contributed by atoms with van der Waals surface area (Å²) >= 11 is 0. The quantitative estimate of drug-likeness (QED) is 0.770. The van der Waals surface area contributed by atoms with Crippen molar-refractivity contribution >= 4 is 23.3 Å². The first-order valence-electron chi connectivity index (χ1n) is 6.35. The average Bonchev–Trinajstić information content (AvgIpc) is 2.47. The van der Waals surface area contributed by atoms with E-state index in [4.69, 9.17) is 0 Å². The molecule has 2 aromatic rings. The molecule has 0 aromatic heterocycles. The number of urea groups is 1. The van der Waals surface area contributed by atoms with Gasteiger partial charge in [0.15, 0.2) is 0 Å². The SMILES string of the molecule is O=C1Nc2ccccc2C2Nc3ccccc3C(=O)N12. The third kappa shape index (κ3) is 1.37. The van der Waals surface area contributed by atoms with Crippen molar-refractivity contribution in [1.82, 2.24) is 4.90 Å². The molecule has 98 valence electrons. The summed E-state index contributed by atoms with van der Waals surface area (Å²) in [5.74, 6) is -0.281. The Kier molecular flexibility index (Phi) is 2.12. The summed E-state index contributed by atoms with van der Waals surface area (Å²) in [6.45, 7) is 0. The Labute approximate surface area is 115 Å². The molecule has 20 heavy (non-hydrogen) atoms. The van der Waals surface area contributed by atoms with E-state index in [1.165, 1.54) is 4.90 Å². The van der Waals surface area contributed by atoms with E-state index in [0.29, 0.717) is 5.56 Å². The average molecular weight is 265 g/mol. The van der Waals surface area contributed by atoms with Gasteiger partial charge in [0.2, 0.25) is 0 Å². The van der Waals surface area contributed by atoms with Crippen LogP contribution < -0.4 is 10.6 Å². The number of nitrogens with zero attached hydrogens (tertiary/aromatic N) is 1. The first-order chi connectivity index (χ1) is 9.75. The van der Waals surface area contributed by atoms with Gasteiger partial charge in [0.1, 0.15) is 6.17 Å². The molecular weight excluding hydrogens is 254 g/mol. The van der Waals surface area contributed by atoms with Crippen molar-refractivity contribution in [1.29, 1.82) is 0 Å². The van der Waals surface area contributed by atoms with Gasteiger partial charge in [-0.15, -0.1) is 0 Å². The number of anilines is 2. The highest BCUT2D eigenvalue weighted by Gasteiger charge is 2.41. The van der Waals surface area contributed by atoms with E-state index in [0.717, 1.165) is 16.9 Å². The minimum absolute atomic E-state index is 0.281. The van der Waals surface area contributed by atoms with Gasteiger partial charge in [-0.25, -0.2) is 9.69 Å². The van der Waals surface area contributed by atoms with Crippen LogP contribution in [-0.4, -0.2) is 16.8 Å². The van der Waals surface area contributed by atoms with Gasteiger partial charge < -0.3 is 10.6 Å². The molecule has 2 aliphatic heterocycles. The molecule has 0 saturated heterocycles. The summed E-state index contributed by atoms with van der Waals surface area (Å²) in [5, 5.41) is 6.01. The van der Waals surface area contributed by atoms with Crippen LogP contribution in [0.15, 0.2) is 48.5 Å². The second-order valence-corrected chi connectivity index (χ2v) is 4.79. The number of amides is 3. The van der Waals surface area contributed by atoms with E-state index in [9.17, 15) is 9.59 Å². The molecule has 0 fully saturated rings. The van der Waals surface area contributed by atoms with E-state index in [1.54, 1.807) is 12.1 Å². The van der Waals surface area contributed by atoms with Crippen LogP contribution in [0.1, 0.15) is 22.1 Å². The Morgan fingerprint density at radius 1 is 0.900 bits per heavy atom. The number of carbonyl (C=O) groups excluding carboxylic acids is 2. The lowest BCUT2D eigenvalue weighted by Gasteiger charge is -2.40. The van der Waals surface area contributed by atoms with E-state index in [1.807, 2.05) is 36.4 Å². The zero-order valence-corrected chi connectivity index (χ0v) is 10.5. The molecule has 3 amide bonds. The number of para-hydroxylation sites is 2. The van der Waals surface area contributed by atoms with Crippen molar-refractivity contribution in [3.8, 4) is 0 Å². The van der Waals surface area contributed by atoms with E-state index >= 15 is 0 Å². The smallest absolute Gasteiger partial charge is 0.330 e. The van der Waals surface area contributed by atoms with E-state index < -0.39 is 12.2 Å². The number of benzene rings is 2. The summed E-state index contributed by atoms with van der Waals surface area (Å²) < 4.78 is 0. The normalized spacial score (nSPS) is 19.4. The van der Waals surface area contributed by atoms with Gasteiger partial charge in [-0.05, 0) is 18.2 Å². The maximum Gasteiger partial charge on any atom is 0.330 e. The molecule has 2 aliphatic rings. The molecule has 0 saturated carbocycles. The van der Waals surface area contributed by atoms with Gasteiger partial charge in [-0.3, -0.25) is 4.79 Å². The fourth-order valence-electron chi connectivity index (χ4n) is 2.71. The van der Waals surface area contributed by atoms with Crippen molar-refractivity contribution < 1.29 is 9.59 Å². The highest BCUT2D eigenvalue weighted by molar-refractivity contribution is 6.13. The van der Waals surface area contributed by atoms with E-state index in [2.05, 4.69) is 10.6 Å². The highest BCUT2D eigenvalue weighted by Crippen LogP contribution is 2.38. The number of imide groups is 1. The predicted molar refractivity (Wildman–Crippen MR) is 74.4 cm³/mol. The number of nitrogens with one attached hydrogen (secondary N) is 2. The third-order valence-electron chi connectivity index (χ3n) is 3.64. The molecule has 0 bridgehead atoms. The van der Waals surface area contributed by atoms with Gasteiger partial charge >= 0.3 is 6.03 Å². The summed E-state index contributed by atoms with van der Waals surface area (Å²) in [6.07, 6.45) is -0.456. The summed E-state index contributed by atoms with van der Waals surface area (Å²) in [5.41, 5.74) is 2.88. The van der Waals surface area contributed by atoms with Crippen LogP contribution in [0.4, 0.5) is 16.2 Å². The molecule has 1 atom stereocenters. The fraction of sp³-hybridized carbons (Fsp3) is 0.0667. The Morgan fingerprint density at radius 2 is 1.60 bits per heavy atom. The molecule has 0 aliphatic carbocycles. The molecule has 2 aromatic carbocycles. The van der Waals surface area contributed by atoms with Gasteiger partial charge in [-0.1, -0.05) is 30.3 Å². The minimum Gasteiger partial charge on any atom is -0.360 e. The van der Waals surface area contributed by atoms with Crippen molar-refractivity contribution in [2.24, 2.45) is 0 Å². The zero-order valence-electron chi connectivity index (χ0n) is 10.5. The standard InChI is InChI=1S/C15H11N3O2/c19-14-10-6-2-4-8-12(10)16-13-9-5-1-3-7-11(9)17-15(20)18(13)14/h1-8,13,16H,(H,17,20). The molecule has 5 heteroatoms. The summed E-state index contributed by atoms with van der Waals surface area (Å²) in [7, 11) is 0. The maximum atomic E-state index is 12.5. The van der Waals surface area contributed by atoms with Crippen LogP contribution in [0.3, 0.4) is 0 Å². The number of carbonyl (C=O) groups is 2. The van der Waals surface area contributed by atoms with Crippen LogP contribution in [0.25, 0.3) is 0 Å². The van der Waals surface area contributed by atoms with Crippen molar-refractivity contribution in [3.05, 3.63) is 59.7 Å². The highest BCUT2D eigenvalue weighted by atomic mass is 16.2. The monoisotopic (exact) mass is 265 g/mol. The molecule has 2 heterocycles. The number of rotatable bonds is 0. The lowest BCUT2D eigenvalue weighted by atomic mass is 10.0. The summed E-state index contributed by atoms with van der Waals surface area (Å²) in [4.78, 5) is 25.9. The van der Waals surface area contributed by atoms with Crippen LogP contribution in [-0.2, 0) is 0 Å². The molecule has 4 rings (SSSR count). The van der Waals surface area contributed by atoms with Gasteiger partial charge in [-0.2, -0.15) is 0 Å². The van der Waals surface area contributed by atoms with E-state index in [-0.39, 0.29) is 5.91 Å². The maximum absolute atomic E-state index is 12.5. The Morgan fingerprint density at radius 3 is 2.45 bits per heavy atom. The molecule has 1 unspecified atom stereocenters. The van der Waals surface area contributed by atoms with Crippen LogP contribution in [0, 0.1) is 0 Å². The predicted octanol–water partition coefficient (Wildman–Crippen LogP) is 2.80. The molecule has 0 spiro atoms. The Balaban J connectivity index is 1.91. The lowest BCUT2D eigenvalue weighted by molar-refractivity contribution is 0.0753. The topological polar surface area (TPSA) is 61.4 Å². The lowest BCUT2D eigenvalue weighted by Crippen LogP contribution is -2.51. The van der Waals surface area contributed by atoms with Crippen LogP contribution >= 0.6 is 0 Å². The first kappa shape index (κ1) is 11.0. The van der Waals surface area contributed by atoms with Gasteiger partial charge in [0.05, 0.1) is 5.56 Å². The molecule has 0 radical (unpaired) electrons. The number of hydrogen-bond acceptors (Lipinski definition) is 3. The van der Waals surface area contributed by atoms with Crippen molar-refractivity contribution in [3.63, 3.8) is 0 Å². The zero-order chi connectivity index (χ0) is 13.7. The largest absolute Gasteiger partial charge is 0.360 e. The minimum atomic E-state index is -0.456. The first-order valence-corrected chi connectivity index (χ1v) is 6.35. The van der Waals surface area contributed by atoms with Crippen molar-refractivity contribution in [2.45, 2.75) is 6.17 Å². The molecule has 5 nitrogen and oxygen atoms in total. The van der Waals surface area contributed by atoms with Gasteiger partial charge in [0.25, 0.3) is 5.91 Å².